The van der Waals surface area contributed by atoms with E-state index in [1.807, 2.05) is 18.5 Å². The Labute approximate surface area is 173 Å². The topological polar surface area (TPSA) is 83.5 Å². The van der Waals surface area contributed by atoms with Gasteiger partial charge in [0.15, 0.2) is 5.65 Å². The van der Waals surface area contributed by atoms with Gasteiger partial charge in [0.05, 0.1) is 23.7 Å². The van der Waals surface area contributed by atoms with E-state index in [9.17, 15) is 5.11 Å². The lowest BCUT2D eigenvalue weighted by Gasteiger charge is -2.34. The van der Waals surface area contributed by atoms with Crippen LogP contribution in [0.25, 0.3) is 33.4 Å². The Hall–Kier alpha value is -3.13. The van der Waals surface area contributed by atoms with E-state index in [0.29, 0.717) is 28.3 Å². The number of hydrogen-bond acceptors (Lipinski definition) is 7. The molecule has 2 aliphatic heterocycles. The minimum Gasteiger partial charge on any atom is -0.506 e. The van der Waals surface area contributed by atoms with Crippen molar-refractivity contribution in [2.24, 2.45) is 0 Å². The molecule has 6 rings (SSSR count). The molecule has 0 amide bonds. The number of rotatable bonds is 3. The molecule has 8 heteroatoms. The Kier molecular flexibility index (Phi) is 3.95. The molecule has 4 aromatic rings. The van der Waals surface area contributed by atoms with Gasteiger partial charge < -0.3 is 23.9 Å². The smallest absolute Gasteiger partial charge is 0.184 e. The molecule has 1 aromatic carbocycles. The van der Waals surface area contributed by atoms with Crippen LogP contribution in [-0.2, 0) is 0 Å². The number of anilines is 1. The molecule has 3 aromatic heterocycles. The summed E-state index contributed by atoms with van der Waals surface area (Å²) in [4.78, 5) is 9.43. The first-order valence-corrected chi connectivity index (χ1v) is 10.6. The van der Waals surface area contributed by atoms with Crippen LogP contribution in [0.5, 0.6) is 5.75 Å². The number of nitrogens with zero attached hydrogens (tertiary/aromatic N) is 6. The Morgan fingerprint density at radius 1 is 1.10 bits per heavy atom. The SMILES string of the molecule is CN1CCC[C@@H](n2cnc3c(N4CCC4)c(-c4ccc5occc5c4O)nnc32)C1. The fraction of sp³-hybridized carbons (Fsp3) is 0.409. The number of piperidine rings is 1. The van der Waals surface area contributed by atoms with Crippen LogP contribution < -0.4 is 4.90 Å². The van der Waals surface area contributed by atoms with Crippen molar-refractivity contribution in [1.82, 2.24) is 24.6 Å². The molecule has 30 heavy (non-hydrogen) atoms. The van der Waals surface area contributed by atoms with Crippen LogP contribution in [0.4, 0.5) is 5.69 Å². The van der Waals surface area contributed by atoms with Gasteiger partial charge in [-0.2, -0.15) is 0 Å². The summed E-state index contributed by atoms with van der Waals surface area (Å²) in [6.07, 6.45) is 6.93. The number of likely N-dealkylation sites (tertiary alicyclic amines) is 1. The summed E-state index contributed by atoms with van der Waals surface area (Å²) >= 11 is 0. The van der Waals surface area contributed by atoms with Gasteiger partial charge in [-0.15, -0.1) is 10.2 Å². The van der Waals surface area contributed by atoms with E-state index in [2.05, 4.69) is 31.6 Å². The number of phenolic OH excluding ortho intramolecular Hbond substituents is 1. The normalized spacial score (nSPS) is 20.2. The second-order valence-electron chi connectivity index (χ2n) is 8.41. The number of hydrogen-bond donors (Lipinski definition) is 1. The molecular weight excluding hydrogens is 380 g/mol. The van der Waals surface area contributed by atoms with E-state index in [-0.39, 0.29) is 5.75 Å². The number of benzene rings is 1. The standard InChI is InChI=1S/C22H24N6O2/c1-26-8-2-4-14(12-26)28-13-23-19-20(27-9-3-10-27)18(24-25-22(19)28)16-5-6-17-15(21(16)29)7-11-30-17/h5-7,11,13-14,29H,2-4,8-10,12H2,1H3/t14-/m1/s1. The van der Waals surface area contributed by atoms with Crippen molar-refractivity contribution in [1.29, 1.82) is 0 Å². The van der Waals surface area contributed by atoms with Crippen LogP contribution in [0.15, 0.2) is 35.2 Å². The van der Waals surface area contributed by atoms with Gasteiger partial charge in [-0.3, -0.25) is 0 Å². The maximum absolute atomic E-state index is 10.9. The zero-order valence-electron chi connectivity index (χ0n) is 17.0. The first kappa shape index (κ1) is 17.7. The average Bonchev–Trinajstić information content (AvgIpc) is 3.35. The summed E-state index contributed by atoms with van der Waals surface area (Å²) < 4.78 is 7.61. The third-order valence-corrected chi connectivity index (χ3v) is 6.49. The van der Waals surface area contributed by atoms with Crippen molar-refractivity contribution in [2.75, 3.05) is 38.1 Å². The van der Waals surface area contributed by atoms with Crippen molar-refractivity contribution >= 4 is 27.8 Å². The predicted molar refractivity (Wildman–Crippen MR) is 115 cm³/mol. The van der Waals surface area contributed by atoms with Crippen molar-refractivity contribution in [2.45, 2.75) is 25.3 Å². The van der Waals surface area contributed by atoms with Gasteiger partial charge in [0.25, 0.3) is 0 Å². The van der Waals surface area contributed by atoms with Crippen molar-refractivity contribution in [3.8, 4) is 17.0 Å². The van der Waals surface area contributed by atoms with Gasteiger partial charge in [-0.1, -0.05) is 0 Å². The van der Waals surface area contributed by atoms with E-state index in [1.165, 1.54) is 6.42 Å². The van der Waals surface area contributed by atoms with Crippen LogP contribution in [-0.4, -0.2) is 63.0 Å². The number of aromatic hydroxyl groups is 1. The van der Waals surface area contributed by atoms with E-state index in [4.69, 9.17) is 9.40 Å². The molecule has 0 bridgehead atoms. The molecule has 0 aliphatic carbocycles. The molecule has 0 saturated carbocycles. The molecule has 5 heterocycles. The summed E-state index contributed by atoms with van der Waals surface area (Å²) in [6.45, 7) is 4.04. The molecule has 1 atom stereocenters. The second kappa shape index (κ2) is 6.70. The van der Waals surface area contributed by atoms with Crippen LogP contribution >= 0.6 is 0 Å². The Balaban J connectivity index is 1.53. The van der Waals surface area contributed by atoms with Crippen LogP contribution in [0.1, 0.15) is 25.3 Å². The number of aromatic nitrogens is 4. The Morgan fingerprint density at radius 3 is 2.80 bits per heavy atom. The van der Waals surface area contributed by atoms with Gasteiger partial charge in [-0.05, 0) is 51.1 Å². The van der Waals surface area contributed by atoms with Crippen molar-refractivity contribution in [3.05, 3.63) is 30.8 Å². The third kappa shape index (κ3) is 2.60. The average molecular weight is 404 g/mol. The Morgan fingerprint density at radius 2 is 2.00 bits per heavy atom. The minimum atomic E-state index is 0.171. The van der Waals surface area contributed by atoms with E-state index in [1.54, 1.807) is 12.3 Å². The lowest BCUT2D eigenvalue weighted by molar-refractivity contribution is 0.214. The first-order valence-electron chi connectivity index (χ1n) is 10.6. The van der Waals surface area contributed by atoms with Crippen LogP contribution in [0.2, 0.25) is 0 Å². The molecule has 2 fully saturated rings. The largest absolute Gasteiger partial charge is 0.506 e. The summed E-state index contributed by atoms with van der Waals surface area (Å²) in [5, 5.41) is 20.8. The zero-order valence-corrected chi connectivity index (χ0v) is 17.0. The highest BCUT2D eigenvalue weighted by Crippen LogP contribution is 2.43. The maximum atomic E-state index is 10.9. The fourth-order valence-corrected chi connectivity index (χ4v) is 4.75. The van der Waals surface area contributed by atoms with Crippen molar-refractivity contribution in [3.63, 3.8) is 0 Å². The quantitative estimate of drug-likeness (QED) is 0.560. The minimum absolute atomic E-state index is 0.171. The van der Waals surface area contributed by atoms with E-state index >= 15 is 0 Å². The summed E-state index contributed by atoms with van der Waals surface area (Å²) in [5.41, 5.74) is 4.64. The monoisotopic (exact) mass is 404 g/mol. The molecule has 0 spiro atoms. The van der Waals surface area contributed by atoms with Crippen LogP contribution in [0.3, 0.4) is 0 Å². The highest BCUT2D eigenvalue weighted by molar-refractivity contribution is 5.99. The fourth-order valence-electron chi connectivity index (χ4n) is 4.75. The van der Waals surface area contributed by atoms with Crippen LogP contribution in [0, 0.1) is 0 Å². The number of furan rings is 1. The molecular formula is C22H24N6O2. The zero-order chi connectivity index (χ0) is 20.2. The van der Waals surface area contributed by atoms with Gasteiger partial charge in [0.2, 0.25) is 0 Å². The molecule has 1 N–H and O–H groups in total. The molecule has 2 aliphatic rings. The van der Waals surface area contributed by atoms with Gasteiger partial charge >= 0.3 is 0 Å². The number of phenols is 1. The predicted octanol–water partition coefficient (Wildman–Crippen LogP) is 3.42. The van der Waals surface area contributed by atoms with Gasteiger partial charge in [0.1, 0.15) is 22.5 Å². The molecule has 2 saturated heterocycles. The molecule has 8 nitrogen and oxygen atoms in total. The highest BCUT2D eigenvalue weighted by Gasteiger charge is 2.29. The van der Waals surface area contributed by atoms with E-state index < -0.39 is 0 Å². The van der Waals surface area contributed by atoms with E-state index in [0.717, 1.165) is 55.9 Å². The molecule has 0 unspecified atom stereocenters. The third-order valence-electron chi connectivity index (χ3n) is 6.49. The van der Waals surface area contributed by atoms with Gasteiger partial charge in [0, 0.05) is 31.2 Å². The summed E-state index contributed by atoms with van der Waals surface area (Å²) in [7, 11) is 2.16. The van der Waals surface area contributed by atoms with Gasteiger partial charge in [-0.25, -0.2) is 4.98 Å². The summed E-state index contributed by atoms with van der Waals surface area (Å²) in [6, 6.07) is 5.85. The molecule has 154 valence electrons. The summed E-state index contributed by atoms with van der Waals surface area (Å²) in [5.74, 6) is 0.171. The molecule has 0 radical (unpaired) electrons. The number of fused-ring (bicyclic) bond motifs is 2. The highest BCUT2D eigenvalue weighted by atomic mass is 16.3. The number of imidazole rings is 1. The maximum Gasteiger partial charge on any atom is 0.184 e. The lowest BCUT2D eigenvalue weighted by atomic mass is 10.0. The van der Waals surface area contributed by atoms with Crippen molar-refractivity contribution < 1.29 is 9.52 Å². The Bertz CT molecular complexity index is 1240. The first-order chi connectivity index (χ1) is 14.7. The second-order valence-corrected chi connectivity index (χ2v) is 8.41. The lowest BCUT2D eigenvalue weighted by Crippen LogP contribution is -2.38. The number of likely N-dealkylation sites (N-methyl/N-ethyl adjacent to an activating group) is 1.